The van der Waals surface area contributed by atoms with Gasteiger partial charge in [0.1, 0.15) is 0 Å². The molecule has 0 aromatic carbocycles. The third kappa shape index (κ3) is 9.90. The first-order chi connectivity index (χ1) is 11.3. The Bertz CT molecular complexity index is 283. The summed E-state index contributed by atoms with van der Waals surface area (Å²) in [5.41, 5.74) is 0.0412. The van der Waals surface area contributed by atoms with Crippen LogP contribution in [-0.4, -0.2) is 18.3 Å². The second kappa shape index (κ2) is 13.0. The molecule has 0 heterocycles. The van der Waals surface area contributed by atoms with E-state index in [4.69, 9.17) is 0 Å². The maximum atomic E-state index is 13.2. The van der Waals surface area contributed by atoms with Gasteiger partial charge in [-0.3, -0.25) is 0 Å². The van der Waals surface area contributed by atoms with Crippen molar-refractivity contribution in [3.63, 3.8) is 0 Å². The standard InChI is InChI=1S/C20H40F3N/c1-5-9-12-18(20(21,22)23)13-11-16-19(14-7-3,15-8-4)24-17-10-6-2/h18,24H,5-17H2,1-4H3. The second-order valence-electron chi connectivity index (χ2n) is 7.33. The topological polar surface area (TPSA) is 12.0 Å². The molecule has 1 unspecified atom stereocenters. The first-order valence-electron chi connectivity index (χ1n) is 10.2. The molecule has 0 radical (unpaired) electrons. The van der Waals surface area contributed by atoms with Crippen molar-refractivity contribution in [1.29, 1.82) is 0 Å². The molecule has 0 aliphatic heterocycles. The van der Waals surface area contributed by atoms with Crippen LogP contribution in [0.25, 0.3) is 0 Å². The highest BCUT2D eigenvalue weighted by atomic mass is 19.4. The zero-order valence-corrected chi connectivity index (χ0v) is 16.4. The molecule has 0 spiro atoms. The summed E-state index contributed by atoms with van der Waals surface area (Å²) >= 11 is 0. The van der Waals surface area contributed by atoms with Crippen molar-refractivity contribution in [1.82, 2.24) is 5.32 Å². The fraction of sp³-hybridized carbons (Fsp3) is 1.00. The van der Waals surface area contributed by atoms with Crippen molar-refractivity contribution in [3.05, 3.63) is 0 Å². The summed E-state index contributed by atoms with van der Waals surface area (Å²) in [6.45, 7) is 9.45. The van der Waals surface area contributed by atoms with Crippen molar-refractivity contribution in [3.8, 4) is 0 Å². The lowest BCUT2D eigenvalue weighted by molar-refractivity contribution is -0.178. The van der Waals surface area contributed by atoms with E-state index in [0.717, 1.165) is 57.9 Å². The molecular weight excluding hydrogens is 311 g/mol. The molecule has 1 N–H and O–H groups in total. The van der Waals surface area contributed by atoms with Crippen LogP contribution in [0, 0.1) is 5.92 Å². The van der Waals surface area contributed by atoms with E-state index in [-0.39, 0.29) is 18.4 Å². The highest BCUT2D eigenvalue weighted by Gasteiger charge is 2.38. The largest absolute Gasteiger partial charge is 0.391 e. The Balaban J connectivity index is 4.69. The molecule has 0 aliphatic carbocycles. The van der Waals surface area contributed by atoms with Crippen LogP contribution in [0.4, 0.5) is 13.2 Å². The highest BCUT2D eigenvalue weighted by Crippen LogP contribution is 2.36. The molecule has 0 saturated carbocycles. The van der Waals surface area contributed by atoms with Crippen LogP contribution in [0.2, 0.25) is 0 Å². The average Bonchev–Trinajstić information content (AvgIpc) is 2.50. The van der Waals surface area contributed by atoms with E-state index >= 15 is 0 Å². The van der Waals surface area contributed by atoms with Gasteiger partial charge in [-0.15, -0.1) is 0 Å². The monoisotopic (exact) mass is 351 g/mol. The molecule has 0 amide bonds. The van der Waals surface area contributed by atoms with Crippen LogP contribution in [0.1, 0.15) is 105 Å². The van der Waals surface area contributed by atoms with Gasteiger partial charge in [-0.05, 0) is 45.1 Å². The Labute approximate surface area is 148 Å². The lowest BCUT2D eigenvalue weighted by atomic mass is 9.82. The number of rotatable bonds is 15. The Kier molecular flexibility index (Phi) is 12.9. The molecule has 0 bridgehead atoms. The van der Waals surface area contributed by atoms with Crippen molar-refractivity contribution < 1.29 is 13.2 Å². The highest BCUT2D eigenvalue weighted by molar-refractivity contribution is 4.87. The minimum atomic E-state index is -4.04. The lowest BCUT2D eigenvalue weighted by Crippen LogP contribution is -2.45. The summed E-state index contributed by atoms with van der Waals surface area (Å²) in [4.78, 5) is 0. The van der Waals surface area contributed by atoms with Gasteiger partial charge in [0, 0.05) is 5.54 Å². The van der Waals surface area contributed by atoms with E-state index in [0.29, 0.717) is 12.8 Å². The molecule has 146 valence electrons. The van der Waals surface area contributed by atoms with E-state index in [2.05, 4.69) is 26.1 Å². The first kappa shape index (κ1) is 23.8. The van der Waals surface area contributed by atoms with Crippen LogP contribution in [-0.2, 0) is 0 Å². The minimum Gasteiger partial charge on any atom is -0.311 e. The normalized spacial score (nSPS) is 14.1. The number of halogens is 3. The number of unbranched alkanes of at least 4 members (excludes halogenated alkanes) is 2. The molecule has 0 aliphatic rings. The minimum absolute atomic E-state index is 0.0412. The molecule has 24 heavy (non-hydrogen) atoms. The Morgan fingerprint density at radius 2 is 1.25 bits per heavy atom. The second-order valence-corrected chi connectivity index (χ2v) is 7.33. The van der Waals surface area contributed by atoms with Gasteiger partial charge in [-0.1, -0.05) is 66.2 Å². The summed E-state index contributed by atoms with van der Waals surface area (Å²) < 4.78 is 39.6. The summed E-state index contributed by atoms with van der Waals surface area (Å²) in [5.74, 6) is -1.12. The van der Waals surface area contributed by atoms with Crippen molar-refractivity contribution >= 4 is 0 Å². The molecule has 4 heteroatoms. The Hall–Kier alpha value is -0.250. The maximum absolute atomic E-state index is 13.2. The maximum Gasteiger partial charge on any atom is 0.391 e. The van der Waals surface area contributed by atoms with Gasteiger partial charge >= 0.3 is 6.18 Å². The molecule has 0 rings (SSSR count). The molecule has 0 fully saturated rings. The van der Waals surface area contributed by atoms with Crippen LogP contribution < -0.4 is 5.32 Å². The SMILES string of the molecule is CCCCNC(CCC)(CCC)CCCC(CCCC)C(F)(F)F. The number of nitrogens with one attached hydrogen (secondary N) is 1. The Morgan fingerprint density at radius 3 is 1.71 bits per heavy atom. The zero-order chi connectivity index (χ0) is 18.5. The van der Waals surface area contributed by atoms with E-state index in [9.17, 15) is 13.2 Å². The third-order valence-corrected chi connectivity index (χ3v) is 5.06. The van der Waals surface area contributed by atoms with Gasteiger partial charge in [-0.2, -0.15) is 13.2 Å². The smallest absolute Gasteiger partial charge is 0.311 e. The van der Waals surface area contributed by atoms with Crippen molar-refractivity contribution in [2.24, 2.45) is 5.92 Å². The fourth-order valence-electron chi connectivity index (χ4n) is 3.74. The van der Waals surface area contributed by atoms with Crippen molar-refractivity contribution in [2.75, 3.05) is 6.54 Å². The molecule has 1 nitrogen and oxygen atoms in total. The van der Waals surface area contributed by atoms with E-state index in [1.54, 1.807) is 0 Å². The first-order valence-corrected chi connectivity index (χ1v) is 10.2. The third-order valence-electron chi connectivity index (χ3n) is 5.06. The van der Waals surface area contributed by atoms with Crippen molar-refractivity contribution in [2.45, 2.75) is 116 Å². The van der Waals surface area contributed by atoms with Crippen LogP contribution in [0.3, 0.4) is 0 Å². The molecule has 0 aromatic heterocycles. The van der Waals surface area contributed by atoms with Gasteiger partial charge in [-0.25, -0.2) is 0 Å². The van der Waals surface area contributed by atoms with Gasteiger partial charge in [0.15, 0.2) is 0 Å². The van der Waals surface area contributed by atoms with Gasteiger partial charge in [0.05, 0.1) is 5.92 Å². The Morgan fingerprint density at radius 1 is 0.708 bits per heavy atom. The number of hydrogen-bond acceptors (Lipinski definition) is 1. The molecule has 0 aromatic rings. The van der Waals surface area contributed by atoms with Gasteiger partial charge in [0.2, 0.25) is 0 Å². The summed E-state index contributed by atoms with van der Waals surface area (Å²) in [6, 6.07) is 0. The van der Waals surface area contributed by atoms with Crippen LogP contribution in [0.15, 0.2) is 0 Å². The van der Waals surface area contributed by atoms with E-state index < -0.39 is 12.1 Å². The summed E-state index contributed by atoms with van der Waals surface area (Å²) in [6.07, 6.45) is 6.17. The van der Waals surface area contributed by atoms with E-state index in [1.165, 1.54) is 0 Å². The van der Waals surface area contributed by atoms with Crippen LogP contribution >= 0.6 is 0 Å². The predicted molar refractivity (Wildman–Crippen MR) is 98.4 cm³/mol. The van der Waals surface area contributed by atoms with E-state index in [1.807, 2.05) is 6.92 Å². The number of alkyl halides is 3. The van der Waals surface area contributed by atoms with Gasteiger partial charge in [0.25, 0.3) is 0 Å². The lowest BCUT2D eigenvalue weighted by Gasteiger charge is -2.36. The molecule has 0 saturated heterocycles. The van der Waals surface area contributed by atoms with Gasteiger partial charge < -0.3 is 5.32 Å². The molecular formula is C20H40F3N. The quantitative estimate of drug-likeness (QED) is 0.306. The molecule has 1 atom stereocenters. The predicted octanol–water partition coefficient (Wildman–Crippen LogP) is 7.25. The number of hydrogen-bond donors (Lipinski definition) is 1. The average molecular weight is 352 g/mol. The van der Waals surface area contributed by atoms with Crippen LogP contribution in [0.5, 0.6) is 0 Å². The summed E-state index contributed by atoms with van der Waals surface area (Å²) in [5, 5.41) is 3.71. The fourth-order valence-corrected chi connectivity index (χ4v) is 3.74. The summed E-state index contributed by atoms with van der Waals surface area (Å²) in [7, 11) is 0. The zero-order valence-electron chi connectivity index (χ0n) is 16.4.